The number of hydrogen-bond acceptors (Lipinski definition) is 4. The minimum absolute atomic E-state index is 0.298. The summed E-state index contributed by atoms with van der Waals surface area (Å²) in [5.74, 6) is 0.945. The first-order valence-electron chi connectivity index (χ1n) is 6.50. The Morgan fingerprint density at radius 2 is 1.95 bits per heavy atom. The van der Waals surface area contributed by atoms with Crippen molar-refractivity contribution in [2.45, 2.75) is 13.8 Å². The van der Waals surface area contributed by atoms with E-state index in [1.165, 1.54) is 18.5 Å². The Labute approximate surface area is 121 Å². The van der Waals surface area contributed by atoms with Crippen LogP contribution in [0.4, 0.5) is 15.9 Å². The topological polar surface area (TPSA) is 55.6 Å². The number of rotatable bonds is 3. The van der Waals surface area contributed by atoms with Crippen LogP contribution >= 0.6 is 0 Å². The van der Waals surface area contributed by atoms with Gasteiger partial charge in [-0.05, 0) is 38.1 Å². The Bertz CT molecular complexity index is 781. The first-order chi connectivity index (χ1) is 10.1. The molecule has 106 valence electrons. The molecule has 1 N–H and O–H groups in total. The van der Waals surface area contributed by atoms with Crippen LogP contribution in [0.2, 0.25) is 0 Å². The molecule has 0 saturated heterocycles. The van der Waals surface area contributed by atoms with Crippen molar-refractivity contribution in [2.24, 2.45) is 0 Å². The monoisotopic (exact) mass is 283 g/mol. The summed E-state index contributed by atoms with van der Waals surface area (Å²) in [6, 6.07) is 9.96. The molecule has 3 aromatic rings. The summed E-state index contributed by atoms with van der Waals surface area (Å²) in [6.07, 6.45) is 1.45. The molecule has 3 rings (SSSR count). The van der Waals surface area contributed by atoms with E-state index in [0.717, 1.165) is 11.4 Å². The molecular formula is C15H14FN5. The Morgan fingerprint density at radius 1 is 1.10 bits per heavy atom. The first kappa shape index (κ1) is 13.2. The average molecular weight is 283 g/mol. The van der Waals surface area contributed by atoms with Crippen molar-refractivity contribution < 1.29 is 4.39 Å². The van der Waals surface area contributed by atoms with Crippen molar-refractivity contribution in [1.82, 2.24) is 19.7 Å². The van der Waals surface area contributed by atoms with Crippen molar-refractivity contribution in [3.05, 3.63) is 59.9 Å². The van der Waals surface area contributed by atoms with Crippen LogP contribution in [0.1, 0.15) is 11.4 Å². The van der Waals surface area contributed by atoms with Crippen LogP contribution in [0.5, 0.6) is 0 Å². The molecule has 0 saturated carbocycles. The summed E-state index contributed by atoms with van der Waals surface area (Å²) in [6.45, 7) is 3.89. The van der Waals surface area contributed by atoms with Gasteiger partial charge in [0, 0.05) is 17.4 Å². The molecule has 0 spiro atoms. The van der Waals surface area contributed by atoms with Crippen molar-refractivity contribution in [3.63, 3.8) is 0 Å². The van der Waals surface area contributed by atoms with Crippen molar-refractivity contribution in [1.29, 1.82) is 0 Å². The molecule has 0 atom stereocenters. The van der Waals surface area contributed by atoms with Crippen LogP contribution < -0.4 is 5.32 Å². The standard InChI is InChI=1S/C15H14FN5/c1-10-6-11(2)21(20-10)15-8-14(17-9-18-15)19-13-5-3-4-12(16)7-13/h3-9H,1-2H3,(H,17,18,19). The summed E-state index contributed by atoms with van der Waals surface area (Å²) in [4.78, 5) is 8.36. The fourth-order valence-electron chi connectivity index (χ4n) is 2.11. The van der Waals surface area contributed by atoms with E-state index in [2.05, 4.69) is 20.4 Å². The molecule has 5 nitrogen and oxygen atoms in total. The molecule has 2 heterocycles. The normalized spacial score (nSPS) is 10.6. The summed E-state index contributed by atoms with van der Waals surface area (Å²) in [5.41, 5.74) is 2.54. The molecule has 0 bridgehead atoms. The largest absolute Gasteiger partial charge is 0.340 e. The second-order valence-electron chi connectivity index (χ2n) is 4.74. The zero-order valence-electron chi connectivity index (χ0n) is 11.7. The van der Waals surface area contributed by atoms with Gasteiger partial charge in [0.05, 0.1) is 5.69 Å². The molecule has 0 unspecified atom stereocenters. The molecule has 0 aliphatic carbocycles. The lowest BCUT2D eigenvalue weighted by Gasteiger charge is -2.08. The van der Waals surface area contributed by atoms with Gasteiger partial charge >= 0.3 is 0 Å². The Balaban J connectivity index is 1.92. The maximum Gasteiger partial charge on any atom is 0.159 e. The van der Waals surface area contributed by atoms with E-state index < -0.39 is 0 Å². The highest BCUT2D eigenvalue weighted by Crippen LogP contribution is 2.17. The number of aryl methyl sites for hydroxylation is 2. The second-order valence-corrected chi connectivity index (χ2v) is 4.74. The summed E-state index contributed by atoms with van der Waals surface area (Å²) in [7, 11) is 0. The molecule has 0 radical (unpaired) electrons. The van der Waals surface area contributed by atoms with Gasteiger partial charge in [0.1, 0.15) is 18.0 Å². The van der Waals surface area contributed by atoms with Gasteiger partial charge in [-0.2, -0.15) is 5.10 Å². The summed E-state index contributed by atoms with van der Waals surface area (Å²) >= 11 is 0. The van der Waals surface area contributed by atoms with Crippen molar-refractivity contribution in [3.8, 4) is 5.82 Å². The summed E-state index contributed by atoms with van der Waals surface area (Å²) in [5, 5.41) is 7.43. The van der Waals surface area contributed by atoms with Crippen LogP contribution in [-0.4, -0.2) is 19.7 Å². The van der Waals surface area contributed by atoms with E-state index >= 15 is 0 Å². The third-order valence-electron chi connectivity index (χ3n) is 2.98. The fourth-order valence-corrected chi connectivity index (χ4v) is 2.11. The third kappa shape index (κ3) is 2.89. The predicted octanol–water partition coefficient (Wildman–Crippen LogP) is 3.16. The van der Waals surface area contributed by atoms with E-state index in [4.69, 9.17) is 0 Å². The van der Waals surface area contributed by atoms with E-state index in [1.54, 1.807) is 22.9 Å². The number of halogens is 1. The highest BCUT2D eigenvalue weighted by molar-refractivity contribution is 5.57. The minimum atomic E-state index is -0.298. The number of anilines is 2. The SMILES string of the molecule is Cc1cc(C)n(-c2cc(Nc3cccc(F)c3)ncn2)n1. The molecule has 21 heavy (non-hydrogen) atoms. The van der Waals surface area contributed by atoms with Crippen molar-refractivity contribution in [2.75, 3.05) is 5.32 Å². The number of benzene rings is 1. The number of hydrogen-bond donors (Lipinski definition) is 1. The lowest BCUT2D eigenvalue weighted by atomic mass is 10.3. The van der Waals surface area contributed by atoms with E-state index in [0.29, 0.717) is 17.3 Å². The second kappa shape index (κ2) is 5.32. The van der Waals surface area contributed by atoms with E-state index in [1.807, 2.05) is 19.9 Å². The van der Waals surface area contributed by atoms with Crippen molar-refractivity contribution >= 4 is 11.5 Å². The molecule has 2 aromatic heterocycles. The van der Waals surface area contributed by atoms with Gasteiger partial charge < -0.3 is 5.32 Å². The molecule has 0 aliphatic heterocycles. The van der Waals surface area contributed by atoms with Crippen LogP contribution in [0.25, 0.3) is 5.82 Å². The van der Waals surface area contributed by atoms with Crippen LogP contribution in [0, 0.1) is 19.7 Å². The molecule has 6 heteroatoms. The Kier molecular flexibility index (Phi) is 3.35. The average Bonchev–Trinajstić information content (AvgIpc) is 2.78. The zero-order valence-corrected chi connectivity index (χ0v) is 11.7. The lowest BCUT2D eigenvalue weighted by Crippen LogP contribution is -2.04. The Morgan fingerprint density at radius 3 is 2.67 bits per heavy atom. The summed E-state index contributed by atoms with van der Waals surface area (Å²) < 4.78 is 14.9. The molecule has 1 aromatic carbocycles. The lowest BCUT2D eigenvalue weighted by molar-refractivity contribution is 0.628. The minimum Gasteiger partial charge on any atom is -0.340 e. The first-order valence-corrected chi connectivity index (χ1v) is 6.50. The van der Waals surface area contributed by atoms with Crippen LogP contribution in [0.3, 0.4) is 0 Å². The molecular weight excluding hydrogens is 269 g/mol. The number of nitrogens with one attached hydrogen (secondary N) is 1. The van der Waals surface area contributed by atoms with Gasteiger partial charge in [-0.15, -0.1) is 0 Å². The predicted molar refractivity (Wildman–Crippen MR) is 78.3 cm³/mol. The maximum atomic E-state index is 13.2. The smallest absolute Gasteiger partial charge is 0.159 e. The highest BCUT2D eigenvalue weighted by atomic mass is 19.1. The molecule has 0 aliphatic rings. The van der Waals surface area contributed by atoms with E-state index in [-0.39, 0.29) is 5.82 Å². The Hall–Kier alpha value is -2.76. The third-order valence-corrected chi connectivity index (χ3v) is 2.98. The number of aromatic nitrogens is 4. The quantitative estimate of drug-likeness (QED) is 0.802. The maximum absolute atomic E-state index is 13.2. The number of nitrogens with zero attached hydrogens (tertiary/aromatic N) is 4. The van der Waals surface area contributed by atoms with Crippen LogP contribution in [0.15, 0.2) is 42.7 Å². The van der Waals surface area contributed by atoms with Gasteiger partial charge in [0.2, 0.25) is 0 Å². The van der Waals surface area contributed by atoms with Gasteiger partial charge in [-0.1, -0.05) is 6.07 Å². The van der Waals surface area contributed by atoms with Gasteiger partial charge in [0.15, 0.2) is 5.82 Å². The van der Waals surface area contributed by atoms with Crippen LogP contribution in [-0.2, 0) is 0 Å². The van der Waals surface area contributed by atoms with E-state index in [9.17, 15) is 4.39 Å². The van der Waals surface area contributed by atoms with Gasteiger partial charge in [0.25, 0.3) is 0 Å². The zero-order chi connectivity index (χ0) is 14.8. The highest BCUT2D eigenvalue weighted by Gasteiger charge is 2.06. The molecule has 0 amide bonds. The fraction of sp³-hybridized carbons (Fsp3) is 0.133. The van der Waals surface area contributed by atoms with Gasteiger partial charge in [-0.3, -0.25) is 0 Å². The molecule has 0 fully saturated rings. The van der Waals surface area contributed by atoms with Gasteiger partial charge in [-0.25, -0.2) is 19.0 Å².